The van der Waals surface area contributed by atoms with Gasteiger partial charge in [0.25, 0.3) is 0 Å². The van der Waals surface area contributed by atoms with E-state index in [4.69, 9.17) is 15.5 Å². The highest BCUT2D eigenvalue weighted by molar-refractivity contribution is 6.11. The predicted octanol–water partition coefficient (Wildman–Crippen LogP) is 3.08. The highest BCUT2D eigenvalue weighted by atomic mass is 19.1. The molecule has 1 saturated carbocycles. The Morgan fingerprint density at radius 1 is 1.22 bits per heavy atom. The maximum absolute atomic E-state index is 14.4. The van der Waals surface area contributed by atoms with Crippen LogP contribution in [0.4, 0.5) is 10.1 Å². The van der Waals surface area contributed by atoms with Gasteiger partial charge in [-0.15, -0.1) is 0 Å². The van der Waals surface area contributed by atoms with E-state index in [0.717, 1.165) is 41.2 Å². The van der Waals surface area contributed by atoms with Gasteiger partial charge in [-0.05, 0) is 38.3 Å². The van der Waals surface area contributed by atoms with E-state index < -0.39 is 0 Å². The highest BCUT2D eigenvalue weighted by Crippen LogP contribution is 2.49. The second-order valence-corrected chi connectivity index (χ2v) is 8.63. The van der Waals surface area contributed by atoms with E-state index in [-0.39, 0.29) is 29.5 Å². The molecule has 6 rings (SSSR count). The van der Waals surface area contributed by atoms with Gasteiger partial charge in [0, 0.05) is 24.0 Å². The molecule has 0 radical (unpaired) electrons. The van der Waals surface area contributed by atoms with Crippen molar-refractivity contribution in [2.45, 2.75) is 43.8 Å². The quantitative estimate of drug-likeness (QED) is 0.386. The van der Waals surface area contributed by atoms with Crippen molar-refractivity contribution in [1.82, 2.24) is 30.2 Å². The lowest BCUT2D eigenvalue weighted by atomic mass is 10.0. The van der Waals surface area contributed by atoms with Gasteiger partial charge < -0.3 is 26.1 Å². The van der Waals surface area contributed by atoms with Crippen molar-refractivity contribution in [3.63, 3.8) is 0 Å². The molecule has 1 aliphatic heterocycles. The van der Waals surface area contributed by atoms with Crippen molar-refractivity contribution in [1.29, 1.82) is 0 Å². The van der Waals surface area contributed by atoms with E-state index >= 15 is 0 Å². The van der Waals surface area contributed by atoms with Crippen LogP contribution in [0.2, 0.25) is 0 Å². The van der Waals surface area contributed by atoms with E-state index in [1.54, 1.807) is 26.4 Å². The second-order valence-electron chi connectivity index (χ2n) is 8.63. The number of anilines is 1. The smallest absolute Gasteiger partial charge is 0.324 e. The number of fused-ring (bicyclic) bond motifs is 3. The van der Waals surface area contributed by atoms with Crippen LogP contribution in [-0.2, 0) is 0 Å². The number of rotatable bonds is 4. The van der Waals surface area contributed by atoms with E-state index in [2.05, 4.69) is 30.6 Å². The van der Waals surface area contributed by atoms with Crippen molar-refractivity contribution in [2.75, 3.05) is 12.4 Å². The summed E-state index contributed by atoms with van der Waals surface area (Å²) in [5.74, 6) is 0.750. The van der Waals surface area contributed by atoms with E-state index in [1.165, 1.54) is 12.1 Å². The minimum atomic E-state index is -0.333. The normalized spacial score (nSPS) is 21.5. The number of hydrogen-bond donors (Lipinski definition) is 4. The summed E-state index contributed by atoms with van der Waals surface area (Å²) < 4.78 is 20.3. The number of nitrogens with one attached hydrogen (secondary N) is 3. The molecule has 164 valence electrons. The molecule has 1 aliphatic carbocycles. The Hall–Kier alpha value is -3.37. The number of aromatic amines is 1. The zero-order valence-corrected chi connectivity index (χ0v) is 17.7. The van der Waals surface area contributed by atoms with Gasteiger partial charge in [-0.2, -0.15) is 9.97 Å². The van der Waals surface area contributed by atoms with E-state index in [9.17, 15) is 4.39 Å². The third kappa shape index (κ3) is 2.98. The minimum Gasteiger partial charge on any atom is -0.421 e. The van der Waals surface area contributed by atoms with Crippen molar-refractivity contribution in [2.24, 2.45) is 5.73 Å². The van der Waals surface area contributed by atoms with Crippen LogP contribution in [0.5, 0.6) is 11.8 Å². The van der Waals surface area contributed by atoms with E-state index in [0.29, 0.717) is 22.9 Å². The Kier molecular flexibility index (Phi) is 4.11. The maximum Gasteiger partial charge on any atom is 0.324 e. The molecule has 32 heavy (non-hydrogen) atoms. The maximum atomic E-state index is 14.4. The number of nitrogens with two attached hydrogens (primary N) is 1. The molecule has 1 aromatic carbocycles. The molecule has 1 unspecified atom stereocenters. The molecule has 2 fully saturated rings. The summed E-state index contributed by atoms with van der Waals surface area (Å²) in [6.45, 7) is 1.80. The second kappa shape index (κ2) is 6.81. The molecule has 10 heteroatoms. The Morgan fingerprint density at radius 3 is 2.69 bits per heavy atom. The van der Waals surface area contributed by atoms with Gasteiger partial charge in [0.2, 0.25) is 0 Å². The van der Waals surface area contributed by atoms with Crippen molar-refractivity contribution in [3.8, 4) is 11.8 Å². The third-order valence-corrected chi connectivity index (χ3v) is 6.55. The van der Waals surface area contributed by atoms with Crippen molar-refractivity contribution >= 4 is 27.6 Å². The number of aromatic nitrogens is 5. The summed E-state index contributed by atoms with van der Waals surface area (Å²) in [4.78, 5) is 21.0. The average Bonchev–Trinajstić information content (AvgIpc) is 3.36. The van der Waals surface area contributed by atoms with Gasteiger partial charge in [0.05, 0.1) is 40.7 Å². The topological polar surface area (TPSA) is 127 Å². The van der Waals surface area contributed by atoms with Crippen LogP contribution in [0.1, 0.15) is 36.8 Å². The Morgan fingerprint density at radius 2 is 2.00 bits per heavy atom. The first-order chi connectivity index (χ1) is 15.5. The predicted molar refractivity (Wildman–Crippen MR) is 118 cm³/mol. The number of H-pyrrole nitrogens is 1. The first kappa shape index (κ1) is 19.3. The monoisotopic (exact) mass is 434 g/mol. The number of aryl methyl sites for hydroxylation is 1. The molecular weight excluding hydrogens is 411 g/mol. The molecule has 5 N–H and O–H groups in total. The number of ether oxygens (including phenoxy) is 1. The van der Waals surface area contributed by atoms with Gasteiger partial charge in [0.15, 0.2) is 5.75 Å². The Balaban J connectivity index is 1.54. The van der Waals surface area contributed by atoms with Gasteiger partial charge in [0.1, 0.15) is 17.3 Å². The Bertz CT molecular complexity index is 1350. The lowest BCUT2D eigenvalue weighted by Crippen LogP contribution is -2.38. The summed E-state index contributed by atoms with van der Waals surface area (Å²) in [5.41, 5.74) is 9.15. The van der Waals surface area contributed by atoms with Crippen LogP contribution in [0.25, 0.3) is 21.9 Å². The number of hydrogen-bond acceptors (Lipinski definition) is 8. The summed E-state index contributed by atoms with van der Waals surface area (Å²) in [7, 11) is 1.76. The standard InChI is InChI=1S/C22H23FN8O/c1-10-26-8-12(9-27-10)32-21-29-19(15-7-16(24)22(31-15)3-4-22)17-13-5-11(23)6-14(25-2)18(13)28-20(17)30-21/h5-6,8-9,15-16,25,31H,3-4,7,24H2,1-2H3,(H,28,29,30)/t15?,16-/m0/s1. The number of benzene rings is 1. The molecule has 4 heterocycles. The van der Waals surface area contributed by atoms with Gasteiger partial charge >= 0.3 is 6.01 Å². The molecule has 3 aromatic heterocycles. The summed E-state index contributed by atoms with van der Waals surface area (Å²) in [6.07, 6.45) is 6.00. The zero-order valence-electron chi connectivity index (χ0n) is 17.7. The average molecular weight is 434 g/mol. The van der Waals surface area contributed by atoms with Crippen LogP contribution in [0.15, 0.2) is 24.5 Å². The summed E-state index contributed by atoms with van der Waals surface area (Å²) >= 11 is 0. The molecule has 0 bridgehead atoms. The molecule has 2 aliphatic rings. The van der Waals surface area contributed by atoms with Gasteiger partial charge in [-0.1, -0.05) is 0 Å². The van der Waals surface area contributed by atoms with Crippen molar-refractivity contribution in [3.05, 3.63) is 41.9 Å². The molecule has 4 aromatic rings. The largest absolute Gasteiger partial charge is 0.421 e. The first-order valence-electron chi connectivity index (χ1n) is 10.7. The summed E-state index contributed by atoms with van der Waals surface area (Å²) in [6, 6.07) is 3.09. The molecule has 0 amide bonds. The van der Waals surface area contributed by atoms with Crippen LogP contribution in [0.3, 0.4) is 0 Å². The molecular formula is C22H23FN8O. The SMILES string of the molecule is CNc1cc(F)cc2c1[nH]c1nc(Oc3cnc(C)nc3)nc(C3C[C@H](N)C4(CC4)N3)c12. The fourth-order valence-electron chi connectivity index (χ4n) is 4.73. The third-order valence-electron chi connectivity index (χ3n) is 6.55. The molecule has 1 spiro atoms. The molecule has 2 atom stereocenters. The fourth-order valence-corrected chi connectivity index (χ4v) is 4.73. The molecule has 1 saturated heterocycles. The zero-order chi connectivity index (χ0) is 22.0. The van der Waals surface area contributed by atoms with Crippen LogP contribution >= 0.6 is 0 Å². The summed E-state index contributed by atoms with van der Waals surface area (Å²) in [5, 5.41) is 8.21. The van der Waals surface area contributed by atoms with Gasteiger partial charge in [-0.25, -0.2) is 14.4 Å². The first-order valence-corrected chi connectivity index (χ1v) is 10.7. The van der Waals surface area contributed by atoms with Crippen LogP contribution in [0, 0.1) is 12.7 Å². The molecule has 9 nitrogen and oxygen atoms in total. The van der Waals surface area contributed by atoms with Crippen LogP contribution < -0.4 is 21.1 Å². The Labute approximate surface area is 183 Å². The highest BCUT2D eigenvalue weighted by Gasteiger charge is 2.54. The fraction of sp³-hybridized carbons (Fsp3) is 0.364. The lowest BCUT2D eigenvalue weighted by Gasteiger charge is -2.15. The minimum absolute atomic E-state index is 0.0265. The van der Waals surface area contributed by atoms with Gasteiger partial charge in [-0.3, -0.25) is 0 Å². The lowest BCUT2D eigenvalue weighted by molar-refractivity contribution is 0.432. The van der Waals surface area contributed by atoms with Crippen LogP contribution in [-0.4, -0.2) is 43.5 Å². The number of nitrogens with zero attached hydrogens (tertiary/aromatic N) is 4. The van der Waals surface area contributed by atoms with Crippen molar-refractivity contribution < 1.29 is 9.13 Å². The number of halogens is 1. The van der Waals surface area contributed by atoms with E-state index in [1.807, 2.05) is 0 Å².